The number of rotatable bonds is 5. The van der Waals surface area contributed by atoms with Crippen LogP contribution in [0.5, 0.6) is 0 Å². The third-order valence-electron chi connectivity index (χ3n) is 6.04. The lowest BCUT2D eigenvalue weighted by Crippen LogP contribution is -2.47. The van der Waals surface area contributed by atoms with Gasteiger partial charge in [-0.05, 0) is 36.2 Å². The Balaban J connectivity index is 2.40. The minimum atomic E-state index is -1.99. The van der Waals surface area contributed by atoms with Gasteiger partial charge in [0.2, 0.25) is 13.8 Å². The number of nitrogens with zero attached hydrogens (tertiary/aromatic N) is 1. The highest BCUT2D eigenvalue weighted by atomic mass is 28.4. The van der Waals surface area contributed by atoms with Gasteiger partial charge in [-0.25, -0.2) is 0 Å². The molecule has 1 aliphatic rings. The zero-order valence-electron chi connectivity index (χ0n) is 17.8. The Labute approximate surface area is 165 Å². The molecule has 0 spiro atoms. The second kappa shape index (κ2) is 7.76. The molecule has 1 aromatic carbocycles. The molecule has 0 radical (unpaired) electrons. The van der Waals surface area contributed by atoms with E-state index in [-0.39, 0.29) is 28.7 Å². The molecule has 0 N–H and O–H groups in total. The Morgan fingerprint density at radius 3 is 2.44 bits per heavy atom. The van der Waals surface area contributed by atoms with Crippen molar-refractivity contribution >= 4 is 33.5 Å². The first-order chi connectivity index (χ1) is 12.4. The van der Waals surface area contributed by atoms with Gasteiger partial charge in [-0.2, -0.15) is 0 Å². The summed E-state index contributed by atoms with van der Waals surface area (Å²) in [4.78, 5) is 26.3. The van der Waals surface area contributed by atoms with Gasteiger partial charge in [-0.15, -0.1) is 0 Å². The van der Waals surface area contributed by atoms with Crippen molar-refractivity contribution in [3.8, 4) is 0 Å². The number of amides is 2. The average Bonchev–Trinajstić information content (AvgIpc) is 2.88. The molecule has 1 saturated heterocycles. The van der Waals surface area contributed by atoms with Crippen LogP contribution in [0, 0.1) is 0 Å². The van der Waals surface area contributed by atoms with Gasteiger partial charge < -0.3 is 4.43 Å². The molecular weight excluding hydrogens is 353 g/mol. The van der Waals surface area contributed by atoms with E-state index in [4.69, 9.17) is 4.43 Å². The monoisotopic (exact) mass is 385 g/mol. The molecular formula is C21H32BNO3Si. The topological polar surface area (TPSA) is 46.6 Å². The first kappa shape index (κ1) is 21.6. The fourth-order valence-corrected chi connectivity index (χ4v) is 4.44. The summed E-state index contributed by atoms with van der Waals surface area (Å²) in [5.41, 5.74) is 3.09. The first-order valence-corrected chi connectivity index (χ1v) is 12.5. The quantitative estimate of drug-likeness (QED) is 0.715. The molecule has 2 rings (SSSR count). The van der Waals surface area contributed by atoms with Crippen LogP contribution in [0.1, 0.15) is 51.2 Å². The standard InChI is InChI=1S/C21H32BNO3Si/c1-14(2)15-10-8-9-11-16(15)17-12-19(24)23(20(22)25)18(17)13-26-27(6,7)21(3,4)5/h8-11,17-18H,1,12-13,22H2,2-7H3/t17-,18-/m1/s1. The van der Waals surface area contributed by atoms with Gasteiger partial charge >= 0.3 is 0 Å². The average molecular weight is 385 g/mol. The molecule has 4 nitrogen and oxygen atoms in total. The highest BCUT2D eigenvalue weighted by Gasteiger charge is 2.45. The molecule has 27 heavy (non-hydrogen) atoms. The number of carbonyl (C=O) groups excluding carboxylic acids is 2. The lowest BCUT2D eigenvalue weighted by Gasteiger charge is -2.38. The van der Waals surface area contributed by atoms with Gasteiger partial charge in [-0.3, -0.25) is 14.5 Å². The summed E-state index contributed by atoms with van der Waals surface area (Å²) >= 11 is 0. The maximum absolute atomic E-state index is 12.7. The predicted molar refractivity (Wildman–Crippen MR) is 116 cm³/mol. The Morgan fingerprint density at radius 2 is 1.93 bits per heavy atom. The van der Waals surface area contributed by atoms with E-state index in [1.54, 1.807) is 0 Å². The van der Waals surface area contributed by atoms with Crippen LogP contribution < -0.4 is 0 Å². The van der Waals surface area contributed by atoms with E-state index in [1.807, 2.05) is 31.2 Å². The highest BCUT2D eigenvalue weighted by Crippen LogP contribution is 2.41. The number of carbonyl (C=O) groups is 2. The van der Waals surface area contributed by atoms with Gasteiger partial charge in [0.1, 0.15) is 0 Å². The normalized spacial score (nSPS) is 20.8. The van der Waals surface area contributed by atoms with Crippen LogP contribution in [-0.2, 0) is 9.22 Å². The fourth-order valence-electron chi connectivity index (χ4n) is 3.42. The van der Waals surface area contributed by atoms with Gasteiger partial charge in [0.25, 0.3) is 0 Å². The van der Waals surface area contributed by atoms with Gasteiger partial charge in [0.15, 0.2) is 14.1 Å². The Morgan fingerprint density at radius 1 is 1.33 bits per heavy atom. The maximum atomic E-state index is 12.7. The molecule has 1 aromatic rings. The minimum absolute atomic E-state index is 0.0703. The van der Waals surface area contributed by atoms with Crippen LogP contribution in [-0.4, -0.2) is 45.4 Å². The van der Waals surface area contributed by atoms with Crippen molar-refractivity contribution < 1.29 is 14.0 Å². The van der Waals surface area contributed by atoms with E-state index in [2.05, 4.69) is 40.4 Å². The van der Waals surface area contributed by atoms with Crippen molar-refractivity contribution in [2.45, 2.75) is 64.2 Å². The molecule has 1 aliphatic heterocycles. The van der Waals surface area contributed by atoms with Gasteiger partial charge in [0.05, 0.1) is 12.6 Å². The summed E-state index contributed by atoms with van der Waals surface area (Å²) in [6, 6.07) is 7.77. The molecule has 146 valence electrons. The lowest BCUT2D eigenvalue weighted by atomic mass is 9.86. The molecule has 2 amide bonds. The van der Waals surface area contributed by atoms with Crippen LogP contribution in [0.3, 0.4) is 0 Å². The fraction of sp³-hybridized carbons (Fsp3) is 0.524. The lowest BCUT2D eigenvalue weighted by molar-refractivity contribution is -0.126. The number of likely N-dealkylation sites (tertiary alicyclic amines) is 1. The summed E-state index contributed by atoms with van der Waals surface area (Å²) < 4.78 is 6.43. The zero-order chi connectivity index (χ0) is 20.6. The van der Waals surface area contributed by atoms with E-state index in [9.17, 15) is 9.59 Å². The second-order valence-corrected chi connectivity index (χ2v) is 13.9. The third-order valence-corrected chi connectivity index (χ3v) is 10.5. The van der Waals surface area contributed by atoms with Crippen LogP contribution >= 0.6 is 0 Å². The zero-order valence-corrected chi connectivity index (χ0v) is 18.8. The van der Waals surface area contributed by atoms with Crippen LogP contribution in [0.15, 0.2) is 30.8 Å². The summed E-state index contributed by atoms with van der Waals surface area (Å²) in [6.07, 6.45) is 0.329. The number of hydrogen-bond donors (Lipinski definition) is 0. The van der Waals surface area contributed by atoms with Crippen LogP contribution in [0.2, 0.25) is 18.1 Å². The Hall–Kier alpha value is -1.66. The summed E-state index contributed by atoms with van der Waals surface area (Å²) in [5, 5.41) is 0.0712. The summed E-state index contributed by atoms with van der Waals surface area (Å²) in [5.74, 6) is -0.397. The number of allylic oxidation sites excluding steroid dienone is 1. The van der Waals surface area contributed by atoms with Crippen molar-refractivity contribution in [3.05, 3.63) is 42.0 Å². The van der Waals surface area contributed by atoms with Crippen LogP contribution in [0.25, 0.3) is 5.57 Å². The highest BCUT2D eigenvalue weighted by molar-refractivity contribution is 6.74. The number of benzene rings is 1. The van der Waals surface area contributed by atoms with E-state index >= 15 is 0 Å². The molecule has 6 heteroatoms. The molecule has 1 fully saturated rings. The summed E-state index contributed by atoms with van der Waals surface area (Å²) in [6.45, 7) is 17.4. The van der Waals surface area contributed by atoms with Crippen molar-refractivity contribution in [2.24, 2.45) is 0 Å². The van der Waals surface area contributed by atoms with Crippen molar-refractivity contribution in [1.82, 2.24) is 4.90 Å². The minimum Gasteiger partial charge on any atom is -0.415 e. The molecule has 2 atom stereocenters. The SMILES string of the molecule is BC(=O)N1C(=O)C[C@H](c2ccccc2C(=C)C)[C@H]1CO[Si](C)(C)C(C)(C)C. The molecule has 0 unspecified atom stereocenters. The van der Waals surface area contributed by atoms with Crippen molar-refractivity contribution in [1.29, 1.82) is 0 Å². The van der Waals surface area contributed by atoms with E-state index < -0.39 is 8.32 Å². The predicted octanol–water partition coefficient (Wildman–Crippen LogP) is 4.18. The second-order valence-electron chi connectivity index (χ2n) is 9.10. The number of imide groups is 1. The van der Waals surface area contributed by atoms with Crippen molar-refractivity contribution in [2.75, 3.05) is 6.61 Å². The number of hydrogen-bond acceptors (Lipinski definition) is 3. The smallest absolute Gasteiger partial charge is 0.229 e. The van der Waals surface area contributed by atoms with Gasteiger partial charge in [0, 0.05) is 12.3 Å². The summed E-state index contributed by atoms with van der Waals surface area (Å²) in [7, 11) is -0.529. The first-order valence-electron chi connectivity index (χ1n) is 9.58. The van der Waals surface area contributed by atoms with Crippen LogP contribution in [0.4, 0.5) is 4.79 Å². The molecule has 0 aromatic heterocycles. The molecule has 1 heterocycles. The molecule has 0 aliphatic carbocycles. The Kier molecular flexibility index (Phi) is 6.22. The van der Waals surface area contributed by atoms with Crippen molar-refractivity contribution in [3.63, 3.8) is 0 Å². The Bertz CT molecular complexity index is 754. The molecule has 0 saturated carbocycles. The maximum Gasteiger partial charge on any atom is 0.229 e. The van der Waals surface area contributed by atoms with Gasteiger partial charge in [-0.1, -0.05) is 57.2 Å². The van der Waals surface area contributed by atoms with E-state index in [0.717, 1.165) is 16.7 Å². The largest absolute Gasteiger partial charge is 0.415 e. The van der Waals surface area contributed by atoms with E-state index in [0.29, 0.717) is 13.0 Å². The molecule has 0 bridgehead atoms. The third kappa shape index (κ3) is 4.43. The van der Waals surface area contributed by atoms with E-state index in [1.165, 1.54) is 12.7 Å².